The summed E-state index contributed by atoms with van der Waals surface area (Å²) in [5, 5.41) is 10.9. The van der Waals surface area contributed by atoms with E-state index >= 15 is 0 Å². The van der Waals surface area contributed by atoms with Crippen molar-refractivity contribution in [2.45, 2.75) is 45.4 Å². The van der Waals surface area contributed by atoms with Crippen molar-refractivity contribution in [2.75, 3.05) is 13.1 Å². The summed E-state index contributed by atoms with van der Waals surface area (Å²) in [4.78, 5) is 35.6. The summed E-state index contributed by atoms with van der Waals surface area (Å²) in [6, 6.07) is -0.352. The third-order valence-electron chi connectivity index (χ3n) is 3.20. The van der Waals surface area contributed by atoms with Crippen LogP contribution in [0.15, 0.2) is 0 Å². The zero-order valence-electron chi connectivity index (χ0n) is 11.4. The highest BCUT2D eigenvalue weighted by molar-refractivity contribution is 5.94. The number of nitrogens with zero attached hydrogens (tertiary/aromatic N) is 1. The van der Waals surface area contributed by atoms with Crippen LogP contribution in [0, 0.1) is 5.92 Å². The van der Waals surface area contributed by atoms with Gasteiger partial charge in [0.05, 0.1) is 0 Å². The first-order valence-corrected chi connectivity index (χ1v) is 6.79. The molecule has 0 aromatic carbocycles. The van der Waals surface area contributed by atoms with Crippen molar-refractivity contribution in [2.24, 2.45) is 5.92 Å². The van der Waals surface area contributed by atoms with E-state index in [0.29, 0.717) is 13.1 Å². The van der Waals surface area contributed by atoms with Crippen molar-refractivity contribution in [3.05, 3.63) is 0 Å². The fraction of sp³-hybridized carbons (Fsp3) is 0.769. The number of imide groups is 1. The largest absolute Gasteiger partial charge is 0.481 e. The lowest BCUT2D eigenvalue weighted by atomic mass is 10.0. The third kappa shape index (κ3) is 6.22. The molecular formula is C13H22N2O4. The normalized spacial score (nSPS) is 17.4. The van der Waals surface area contributed by atoms with Crippen molar-refractivity contribution in [3.8, 4) is 0 Å². The molecule has 19 heavy (non-hydrogen) atoms. The lowest BCUT2D eigenvalue weighted by Gasteiger charge is -2.20. The van der Waals surface area contributed by atoms with Crippen molar-refractivity contribution < 1.29 is 19.5 Å². The van der Waals surface area contributed by atoms with Gasteiger partial charge in [0.1, 0.15) is 0 Å². The molecule has 1 unspecified atom stereocenters. The van der Waals surface area contributed by atoms with Crippen LogP contribution in [0.1, 0.15) is 45.4 Å². The van der Waals surface area contributed by atoms with Gasteiger partial charge in [0.2, 0.25) is 5.91 Å². The van der Waals surface area contributed by atoms with Gasteiger partial charge in [-0.15, -0.1) is 0 Å². The van der Waals surface area contributed by atoms with E-state index < -0.39 is 11.9 Å². The summed E-state index contributed by atoms with van der Waals surface area (Å²) in [5.41, 5.74) is 0. The zero-order valence-corrected chi connectivity index (χ0v) is 11.4. The standard InChI is InChI=1S/C13H22N2O4/c1-10(9-12(17)18)8-11(16)14-13(19)15-6-4-2-3-5-7-15/h10H,2-9H2,1H3,(H,17,18)(H,14,16,19). The number of carbonyl (C=O) groups excluding carboxylic acids is 2. The van der Waals surface area contributed by atoms with E-state index in [1.807, 2.05) is 0 Å². The molecule has 0 saturated carbocycles. The first kappa shape index (κ1) is 15.5. The molecule has 1 atom stereocenters. The second-order valence-electron chi connectivity index (χ2n) is 5.16. The lowest BCUT2D eigenvalue weighted by molar-refractivity contribution is -0.138. The summed E-state index contributed by atoms with van der Waals surface area (Å²) < 4.78 is 0. The van der Waals surface area contributed by atoms with Crippen LogP contribution in [0.25, 0.3) is 0 Å². The Morgan fingerprint density at radius 3 is 2.21 bits per heavy atom. The molecule has 0 aromatic rings. The highest BCUT2D eigenvalue weighted by Crippen LogP contribution is 2.10. The number of carbonyl (C=O) groups is 3. The number of carboxylic acids is 1. The van der Waals surface area contributed by atoms with Crippen LogP contribution in [0.4, 0.5) is 4.79 Å². The second-order valence-corrected chi connectivity index (χ2v) is 5.16. The summed E-state index contributed by atoms with van der Waals surface area (Å²) in [6.45, 7) is 3.05. The molecule has 1 rings (SSSR count). The molecular weight excluding hydrogens is 248 g/mol. The first-order chi connectivity index (χ1) is 8.99. The third-order valence-corrected chi connectivity index (χ3v) is 3.20. The number of aliphatic carboxylic acids is 1. The Kier molecular flexibility index (Phi) is 6.32. The molecule has 1 aliphatic rings. The van der Waals surface area contributed by atoms with Crippen LogP contribution in [0.2, 0.25) is 0 Å². The van der Waals surface area contributed by atoms with E-state index in [4.69, 9.17) is 5.11 Å². The molecule has 0 radical (unpaired) electrons. The predicted octanol–water partition coefficient (Wildman–Crippen LogP) is 1.60. The molecule has 0 aliphatic carbocycles. The van der Waals surface area contributed by atoms with E-state index in [9.17, 15) is 14.4 Å². The average molecular weight is 270 g/mol. The van der Waals surface area contributed by atoms with Crippen LogP contribution in [-0.4, -0.2) is 41.0 Å². The fourth-order valence-electron chi connectivity index (χ4n) is 2.21. The molecule has 108 valence electrons. The average Bonchev–Trinajstić information content (AvgIpc) is 2.55. The van der Waals surface area contributed by atoms with Gasteiger partial charge in [0.15, 0.2) is 0 Å². The van der Waals surface area contributed by atoms with E-state index in [2.05, 4.69) is 5.32 Å². The van der Waals surface area contributed by atoms with Gasteiger partial charge in [-0.3, -0.25) is 14.9 Å². The Bertz CT molecular complexity index is 336. The van der Waals surface area contributed by atoms with Gasteiger partial charge >= 0.3 is 12.0 Å². The number of nitrogens with one attached hydrogen (secondary N) is 1. The molecule has 2 N–H and O–H groups in total. The quantitative estimate of drug-likeness (QED) is 0.812. The monoisotopic (exact) mass is 270 g/mol. The van der Waals surface area contributed by atoms with Gasteiger partial charge in [-0.2, -0.15) is 0 Å². The minimum atomic E-state index is -0.931. The number of likely N-dealkylation sites (tertiary alicyclic amines) is 1. The van der Waals surface area contributed by atoms with E-state index in [0.717, 1.165) is 25.7 Å². The van der Waals surface area contributed by atoms with Crippen LogP contribution in [-0.2, 0) is 9.59 Å². The molecule has 1 aliphatic heterocycles. The number of hydrogen-bond acceptors (Lipinski definition) is 3. The summed E-state index contributed by atoms with van der Waals surface area (Å²) in [7, 11) is 0. The SMILES string of the molecule is CC(CC(=O)O)CC(=O)NC(=O)N1CCCCCC1. The second kappa shape index (κ2) is 7.76. The Balaban J connectivity index is 2.34. The van der Waals surface area contributed by atoms with Gasteiger partial charge in [-0.05, 0) is 18.8 Å². The number of amides is 3. The van der Waals surface area contributed by atoms with Crippen molar-refractivity contribution in [1.29, 1.82) is 0 Å². The summed E-state index contributed by atoms with van der Waals surface area (Å²) in [5.74, 6) is -1.60. The smallest absolute Gasteiger partial charge is 0.324 e. The first-order valence-electron chi connectivity index (χ1n) is 6.79. The van der Waals surface area contributed by atoms with Gasteiger partial charge in [0.25, 0.3) is 0 Å². The van der Waals surface area contributed by atoms with Gasteiger partial charge in [-0.1, -0.05) is 19.8 Å². The van der Waals surface area contributed by atoms with Gasteiger partial charge in [-0.25, -0.2) is 4.79 Å². The zero-order chi connectivity index (χ0) is 14.3. The van der Waals surface area contributed by atoms with E-state index in [-0.39, 0.29) is 24.8 Å². The topological polar surface area (TPSA) is 86.7 Å². The van der Waals surface area contributed by atoms with Crippen LogP contribution in [0.3, 0.4) is 0 Å². The van der Waals surface area contributed by atoms with Crippen molar-refractivity contribution >= 4 is 17.9 Å². The molecule has 6 heteroatoms. The van der Waals surface area contributed by atoms with Crippen molar-refractivity contribution in [3.63, 3.8) is 0 Å². The molecule has 1 saturated heterocycles. The minimum Gasteiger partial charge on any atom is -0.481 e. The fourth-order valence-corrected chi connectivity index (χ4v) is 2.21. The highest BCUT2D eigenvalue weighted by atomic mass is 16.4. The van der Waals surface area contributed by atoms with Crippen molar-refractivity contribution in [1.82, 2.24) is 10.2 Å². The lowest BCUT2D eigenvalue weighted by Crippen LogP contribution is -2.43. The van der Waals surface area contributed by atoms with Crippen LogP contribution >= 0.6 is 0 Å². The Morgan fingerprint density at radius 1 is 1.11 bits per heavy atom. The van der Waals surface area contributed by atoms with E-state index in [1.165, 1.54) is 0 Å². The maximum Gasteiger partial charge on any atom is 0.324 e. The Labute approximate surface area is 113 Å². The number of rotatable bonds is 4. The maximum absolute atomic E-state index is 11.8. The highest BCUT2D eigenvalue weighted by Gasteiger charge is 2.19. The predicted molar refractivity (Wildman–Crippen MR) is 69.6 cm³/mol. The molecule has 0 bridgehead atoms. The number of carboxylic acid groups (broad SMARTS) is 1. The molecule has 6 nitrogen and oxygen atoms in total. The Morgan fingerprint density at radius 2 is 1.68 bits per heavy atom. The summed E-state index contributed by atoms with van der Waals surface area (Å²) in [6.07, 6.45) is 4.17. The number of hydrogen-bond donors (Lipinski definition) is 2. The Hall–Kier alpha value is -1.59. The molecule has 1 fully saturated rings. The molecule has 3 amide bonds. The summed E-state index contributed by atoms with van der Waals surface area (Å²) >= 11 is 0. The molecule has 0 spiro atoms. The minimum absolute atomic E-state index is 0.0614. The van der Waals surface area contributed by atoms with Gasteiger partial charge in [0, 0.05) is 25.9 Å². The molecule has 0 aromatic heterocycles. The van der Waals surface area contributed by atoms with E-state index in [1.54, 1.807) is 11.8 Å². The molecule has 1 heterocycles. The maximum atomic E-state index is 11.8. The van der Waals surface area contributed by atoms with Crippen LogP contribution < -0.4 is 5.32 Å². The van der Waals surface area contributed by atoms with Crippen LogP contribution in [0.5, 0.6) is 0 Å². The number of urea groups is 1. The van der Waals surface area contributed by atoms with Gasteiger partial charge < -0.3 is 10.0 Å².